The molecule has 1 fully saturated rings. The predicted octanol–water partition coefficient (Wildman–Crippen LogP) is 1.33. The Kier molecular flexibility index (Phi) is 6.66. The van der Waals surface area contributed by atoms with Crippen LogP contribution in [0.15, 0.2) is 55.0 Å². The molecule has 11 nitrogen and oxygen atoms in total. The van der Waals surface area contributed by atoms with Gasteiger partial charge < -0.3 is 15.2 Å². The van der Waals surface area contributed by atoms with Gasteiger partial charge in [-0.2, -0.15) is 0 Å². The van der Waals surface area contributed by atoms with E-state index in [1.54, 1.807) is 47.5 Å². The number of aliphatic hydroxyl groups excluding tert-OH is 1. The molecule has 1 amide bonds. The molecule has 3 N–H and O–H groups in total. The first-order chi connectivity index (χ1) is 17.1. The van der Waals surface area contributed by atoms with Gasteiger partial charge in [0.15, 0.2) is 0 Å². The van der Waals surface area contributed by atoms with Gasteiger partial charge in [0.1, 0.15) is 18.0 Å². The van der Waals surface area contributed by atoms with Crippen molar-refractivity contribution in [2.45, 2.75) is 18.8 Å². The van der Waals surface area contributed by atoms with Crippen molar-refractivity contribution in [2.24, 2.45) is 0 Å². The molecule has 1 aromatic carbocycles. The van der Waals surface area contributed by atoms with Crippen molar-refractivity contribution in [1.82, 2.24) is 30.8 Å². The summed E-state index contributed by atoms with van der Waals surface area (Å²) in [7, 11) is 0. The molecule has 2 aliphatic heterocycles. The maximum absolute atomic E-state index is 15.0. The van der Waals surface area contributed by atoms with E-state index >= 15 is 4.39 Å². The quantitative estimate of drug-likeness (QED) is 0.388. The number of nitrogens with zero attached hydrogens (tertiary/aromatic N) is 5. The van der Waals surface area contributed by atoms with Crippen LogP contribution in [0.25, 0.3) is 16.8 Å². The number of aliphatic hydroxyl groups is 1. The van der Waals surface area contributed by atoms with Crippen molar-refractivity contribution >= 4 is 17.5 Å². The van der Waals surface area contributed by atoms with Crippen molar-refractivity contribution in [1.29, 1.82) is 0 Å². The van der Waals surface area contributed by atoms with Crippen molar-refractivity contribution < 1.29 is 23.9 Å². The number of hydroxylamine groups is 1. The van der Waals surface area contributed by atoms with Gasteiger partial charge in [-0.1, -0.05) is 11.3 Å². The number of hydrogen-bond acceptors (Lipinski definition) is 9. The molecule has 0 bridgehead atoms. The summed E-state index contributed by atoms with van der Waals surface area (Å²) >= 11 is 0. The maximum atomic E-state index is 15.0. The van der Waals surface area contributed by atoms with Crippen LogP contribution in [0.3, 0.4) is 0 Å². The SMILES string of the molecule is O=C1O[C@@H](Cn2ccnn2)CN1c1ccc(-c2ccc(C3=C[C@@H](CNCCO)ON3)nc2)c(F)c1. The van der Waals surface area contributed by atoms with E-state index in [1.165, 1.54) is 11.0 Å². The number of pyridine rings is 1. The van der Waals surface area contributed by atoms with Crippen LogP contribution in [0.4, 0.5) is 14.9 Å². The number of amides is 1. The lowest BCUT2D eigenvalue weighted by Crippen LogP contribution is -2.29. The van der Waals surface area contributed by atoms with Crippen molar-refractivity contribution in [3.8, 4) is 11.1 Å². The zero-order valence-electron chi connectivity index (χ0n) is 18.7. The molecule has 1 saturated heterocycles. The van der Waals surface area contributed by atoms with Gasteiger partial charge in [0.2, 0.25) is 0 Å². The summed E-state index contributed by atoms with van der Waals surface area (Å²) < 4.78 is 22.0. The van der Waals surface area contributed by atoms with Gasteiger partial charge in [0.05, 0.1) is 43.0 Å². The number of carbonyl (C=O) groups excluding carboxylic acids is 1. The highest BCUT2D eigenvalue weighted by atomic mass is 19.1. The minimum absolute atomic E-state index is 0.0594. The van der Waals surface area contributed by atoms with Crippen LogP contribution in [-0.4, -0.2) is 69.6 Å². The molecule has 0 radical (unpaired) electrons. The fourth-order valence-electron chi connectivity index (χ4n) is 3.94. The van der Waals surface area contributed by atoms with Gasteiger partial charge in [-0.25, -0.2) is 13.9 Å². The van der Waals surface area contributed by atoms with Gasteiger partial charge in [-0.15, -0.1) is 5.10 Å². The summed E-state index contributed by atoms with van der Waals surface area (Å²) in [6.07, 6.45) is 5.60. The number of benzene rings is 1. The Morgan fingerprint density at radius 3 is 2.94 bits per heavy atom. The number of hydrogen-bond donors (Lipinski definition) is 3. The molecule has 0 unspecified atom stereocenters. The van der Waals surface area contributed by atoms with E-state index < -0.39 is 18.0 Å². The minimum Gasteiger partial charge on any atom is -0.442 e. The summed E-state index contributed by atoms with van der Waals surface area (Å²) in [6.45, 7) is 1.76. The first-order valence-corrected chi connectivity index (χ1v) is 11.1. The number of anilines is 1. The first-order valence-electron chi connectivity index (χ1n) is 11.1. The van der Waals surface area contributed by atoms with E-state index in [-0.39, 0.29) is 19.3 Å². The minimum atomic E-state index is -0.530. The molecule has 2 aromatic heterocycles. The van der Waals surface area contributed by atoms with Gasteiger partial charge >= 0.3 is 6.09 Å². The van der Waals surface area contributed by atoms with E-state index in [0.717, 1.165) is 5.70 Å². The molecule has 35 heavy (non-hydrogen) atoms. The van der Waals surface area contributed by atoms with Crippen LogP contribution < -0.4 is 15.7 Å². The lowest BCUT2D eigenvalue weighted by molar-refractivity contribution is 0.0511. The van der Waals surface area contributed by atoms with Crippen molar-refractivity contribution in [3.63, 3.8) is 0 Å². The number of cyclic esters (lactones) is 1. The van der Waals surface area contributed by atoms with Crippen LogP contribution in [0.5, 0.6) is 0 Å². The van der Waals surface area contributed by atoms with Gasteiger partial charge in [0.25, 0.3) is 0 Å². The number of carbonyl (C=O) groups is 1. The van der Waals surface area contributed by atoms with Gasteiger partial charge in [-0.05, 0) is 30.3 Å². The van der Waals surface area contributed by atoms with Crippen LogP contribution >= 0.6 is 0 Å². The fraction of sp³-hybridized carbons (Fsp3) is 0.304. The molecule has 0 saturated carbocycles. The second-order valence-corrected chi connectivity index (χ2v) is 8.10. The monoisotopic (exact) mass is 481 g/mol. The summed E-state index contributed by atoms with van der Waals surface area (Å²) in [5, 5.41) is 19.5. The number of nitrogens with one attached hydrogen (secondary N) is 2. The maximum Gasteiger partial charge on any atom is 0.414 e. The Balaban J connectivity index is 1.25. The average Bonchev–Trinajstić information content (AvgIpc) is 3.62. The first kappa shape index (κ1) is 22.9. The Morgan fingerprint density at radius 2 is 2.20 bits per heavy atom. The van der Waals surface area contributed by atoms with Crippen LogP contribution in [0.1, 0.15) is 5.69 Å². The van der Waals surface area contributed by atoms with Gasteiger partial charge in [-0.3, -0.25) is 20.2 Å². The Bertz CT molecular complexity index is 1200. The highest BCUT2D eigenvalue weighted by molar-refractivity contribution is 5.90. The normalized spacial score (nSPS) is 19.5. The van der Waals surface area contributed by atoms with E-state index in [0.29, 0.717) is 42.1 Å². The Hall–Kier alpha value is -3.87. The summed E-state index contributed by atoms with van der Waals surface area (Å²) in [5.41, 5.74) is 5.61. The smallest absolute Gasteiger partial charge is 0.414 e. The number of rotatable bonds is 9. The molecular formula is C23H24FN7O4. The highest BCUT2D eigenvalue weighted by Gasteiger charge is 2.33. The molecule has 2 atom stereocenters. The van der Waals surface area contributed by atoms with Gasteiger partial charge in [0, 0.05) is 36.6 Å². The topological polar surface area (TPSA) is 127 Å². The molecule has 2 aliphatic rings. The predicted molar refractivity (Wildman–Crippen MR) is 123 cm³/mol. The number of ether oxygens (including phenoxy) is 1. The van der Waals surface area contributed by atoms with Crippen molar-refractivity contribution in [2.75, 3.05) is 31.1 Å². The molecule has 5 rings (SSSR count). The lowest BCUT2D eigenvalue weighted by Gasteiger charge is -2.14. The summed E-state index contributed by atoms with van der Waals surface area (Å²) in [4.78, 5) is 23.6. The van der Waals surface area contributed by atoms with E-state index in [2.05, 4.69) is 26.1 Å². The molecule has 0 spiro atoms. The summed E-state index contributed by atoms with van der Waals surface area (Å²) in [6, 6.07) is 8.18. The number of halogens is 1. The molecular weight excluding hydrogens is 457 g/mol. The molecule has 3 aromatic rings. The fourth-order valence-corrected chi connectivity index (χ4v) is 3.94. The molecule has 12 heteroatoms. The third kappa shape index (κ3) is 5.14. The Morgan fingerprint density at radius 1 is 1.29 bits per heavy atom. The third-order valence-corrected chi connectivity index (χ3v) is 5.66. The standard InChI is InChI=1S/C23H24FN7O4/c24-20-9-16(31-14-18(34-23(31)33)13-30-7-5-27-29-30)2-3-19(20)15-1-4-21(26-11-15)22-10-17(35-28-22)12-25-6-8-32/h1-5,7,9-11,17-18,25,28,32H,6,8,12-14H2/t17-,18-/m0/s1. The Labute approximate surface area is 200 Å². The van der Waals surface area contributed by atoms with Crippen LogP contribution in [0, 0.1) is 5.82 Å². The molecule has 0 aliphatic carbocycles. The lowest BCUT2D eigenvalue weighted by atomic mass is 10.1. The van der Waals surface area contributed by atoms with Crippen molar-refractivity contribution in [3.05, 3.63) is 66.5 Å². The second kappa shape index (κ2) is 10.2. The highest BCUT2D eigenvalue weighted by Crippen LogP contribution is 2.29. The average molecular weight is 481 g/mol. The number of aromatic nitrogens is 4. The third-order valence-electron chi connectivity index (χ3n) is 5.66. The molecule has 182 valence electrons. The zero-order valence-corrected chi connectivity index (χ0v) is 18.7. The van der Waals surface area contributed by atoms with E-state index in [4.69, 9.17) is 14.7 Å². The van der Waals surface area contributed by atoms with Crippen LogP contribution in [0.2, 0.25) is 0 Å². The second-order valence-electron chi connectivity index (χ2n) is 8.10. The molecule has 4 heterocycles. The van der Waals surface area contributed by atoms with Crippen LogP contribution in [-0.2, 0) is 16.1 Å². The largest absolute Gasteiger partial charge is 0.442 e. The zero-order chi connectivity index (χ0) is 24.2. The summed E-state index contributed by atoms with van der Waals surface area (Å²) in [5.74, 6) is -0.471. The van der Waals surface area contributed by atoms with E-state index in [1.807, 2.05) is 6.08 Å². The van der Waals surface area contributed by atoms with E-state index in [9.17, 15) is 4.79 Å².